The number of aliphatic hydroxyl groups excluding tert-OH is 1. The molecule has 0 aromatic rings. The summed E-state index contributed by atoms with van der Waals surface area (Å²) in [4.78, 5) is 0. The van der Waals surface area contributed by atoms with Gasteiger partial charge in [0.25, 0.3) is 0 Å². The van der Waals surface area contributed by atoms with Crippen LogP contribution in [-0.2, 0) is 0 Å². The zero-order valence-electron chi connectivity index (χ0n) is 22.0. The van der Waals surface area contributed by atoms with Crippen molar-refractivity contribution >= 4 is 0 Å². The van der Waals surface area contributed by atoms with Gasteiger partial charge in [-0.15, -0.1) is 0 Å². The summed E-state index contributed by atoms with van der Waals surface area (Å²) in [5.41, 5.74) is 0. The zero-order chi connectivity index (χ0) is 23.4. The Morgan fingerprint density at radius 3 is 1.19 bits per heavy atom. The van der Waals surface area contributed by atoms with Gasteiger partial charge in [0.1, 0.15) is 0 Å². The molecule has 0 rings (SSSR count). The molecule has 1 unspecified atom stereocenters. The van der Waals surface area contributed by atoms with Gasteiger partial charge in [0.15, 0.2) is 0 Å². The molecule has 0 aliphatic rings. The van der Waals surface area contributed by atoms with Gasteiger partial charge in [-0.2, -0.15) is 0 Å². The maximum absolute atomic E-state index is 10.1. The Morgan fingerprint density at radius 2 is 0.750 bits per heavy atom. The fourth-order valence-electron chi connectivity index (χ4n) is 4.04. The highest BCUT2D eigenvalue weighted by Gasteiger charge is 2.01. The van der Waals surface area contributed by atoms with Crippen LogP contribution in [0, 0.1) is 0 Å². The van der Waals surface area contributed by atoms with E-state index < -0.39 is 0 Å². The van der Waals surface area contributed by atoms with E-state index in [0.717, 1.165) is 25.7 Å². The Bertz CT molecular complexity index is 420. The summed E-state index contributed by atoms with van der Waals surface area (Å²) in [5, 5.41) is 10.1. The lowest BCUT2D eigenvalue weighted by Crippen LogP contribution is -2.05. The van der Waals surface area contributed by atoms with Gasteiger partial charge >= 0.3 is 0 Å². The van der Waals surface area contributed by atoms with Crippen LogP contribution in [-0.4, -0.2) is 11.2 Å². The largest absolute Gasteiger partial charge is 0.393 e. The van der Waals surface area contributed by atoms with Gasteiger partial charge < -0.3 is 5.11 Å². The fourth-order valence-corrected chi connectivity index (χ4v) is 4.04. The van der Waals surface area contributed by atoms with Gasteiger partial charge in [-0.25, -0.2) is 0 Å². The Balaban J connectivity index is 3.29. The normalized spacial score (nSPS) is 13.2. The van der Waals surface area contributed by atoms with E-state index in [9.17, 15) is 5.11 Å². The first-order valence-corrected chi connectivity index (χ1v) is 14.4. The lowest BCUT2D eigenvalue weighted by Gasteiger charge is -2.08. The second-order valence-corrected chi connectivity index (χ2v) is 9.62. The highest BCUT2D eigenvalue weighted by atomic mass is 16.3. The molecule has 0 saturated carbocycles. The average molecular weight is 447 g/mol. The molecule has 0 bridgehead atoms. The molecule has 1 nitrogen and oxygen atoms in total. The van der Waals surface area contributed by atoms with Crippen molar-refractivity contribution in [3.63, 3.8) is 0 Å². The highest BCUT2D eigenvalue weighted by molar-refractivity contribution is 4.83. The van der Waals surface area contributed by atoms with Gasteiger partial charge in [-0.05, 0) is 83.5 Å². The van der Waals surface area contributed by atoms with Crippen LogP contribution in [0.15, 0.2) is 36.5 Å². The average Bonchev–Trinajstić information content (AvgIpc) is 2.80. The minimum absolute atomic E-state index is 0.112. The van der Waals surface area contributed by atoms with Crippen LogP contribution in [0.25, 0.3) is 0 Å². The number of unbranched alkanes of at least 4 members (excludes halogenated alkanes) is 15. The van der Waals surface area contributed by atoms with Gasteiger partial charge in [0.2, 0.25) is 0 Å². The first-order valence-electron chi connectivity index (χ1n) is 14.4. The first-order chi connectivity index (χ1) is 15.8. The third-order valence-electron chi connectivity index (χ3n) is 6.26. The van der Waals surface area contributed by atoms with Gasteiger partial charge in [0.05, 0.1) is 6.10 Å². The molecule has 0 heterocycles. The second kappa shape index (κ2) is 28.2. The molecule has 1 N–H and O–H groups in total. The number of allylic oxidation sites excluding steroid dienone is 6. The Morgan fingerprint density at radius 1 is 0.406 bits per heavy atom. The predicted octanol–water partition coefficient (Wildman–Crippen LogP) is 10.6. The maximum atomic E-state index is 10.1. The summed E-state index contributed by atoms with van der Waals surface area (Å²) in [6.07, 6.45) is 41.7. The van der Waals surface area contributed by atoms with E-state index in [1.807, 2.05) is 0 Å². The molecule has 0 aliphatic heterocycles. The quantitative estimate of drug-likeness (QED) is 0.109. The minimum atomic E-state index is -0.112. The zero-order valence-corrected chi connectivity index (χ0v) is 22.0. The summed E-state index contributed by atoms with van der Waals surface area (Å²) >= 11 is 0. The number of hydrogen-bond donors (Lipinski definition) is 1. The Hall–Kier alpha value is -0.820. The Labute approximate surface area is 202 Å². The summed E-state index contributed by atoms with van der Waals surface area (Å²) in [5.74, 6) is 0. The molecule has 0 amide bonds. The highest BCUT2D eigenvalue weighted by Crippen LogP contribution is 2.12. The van der Waals surface area contributed by atoms with Crippen molar-refractivity contribution in [1.82, 2.24) is 0 Å². The Kier molecular flexibility index (Phi) is 27.5. The number of rotatable bonds is 25. The molecule has 0 saturated heterocycles. The van der Waals surface area contributed by atoms with Crippen molar-refractivity contribution in [3.8, 4) is 0 Å². The van der Waals surface area contributed by atoms with Crippen molar-refractivity contribution in [1.29, 1.82) is 0 Å². The number of hydrogen-bond acceptors (Lipinski definition) is 1. The lowest BCUT2D eigenvalue weighted by atomic mass is 10.0. The van der Waals surface area contributed by atoms with E-state index in [1.54, 1.807) is 0 Å². The molecule has 1 heteroatoms. The molecule has 0 spiro atoms. The van der Waals surface area contributed by atoms with E-state index in [-0.39, 0.29) is 6.10 Å². The van der Waals surface area contributed by atoms with Gasteiger partial charge in [-0.1, -0.05) is 108 Å². The van der Waals surface area contributed by atoms with E-state index in [2.05, 4.69) is 50.3 Å². The number of aliphatic hydroxyl groups is 1. The molecule has 188 valence electrons. The van der Waals surface area contributed by atoms with Crippen molar-refractivity contribution in [2.24, 2.45) is 0 Å². The van der Waals surface area contributed by atoms with Crippen molar-refractivity contribution in [3.05, 3.63) is 36.5 Å². The summed E-state index contributed by atoms with van der Waals surface area (Å²) in [6, 6.07) is 0. The fraction of sp³-hybridized carbons (Fsp3) is 0.806. The first kappa shape index (κ1) is 31.2. The van der Waals surface area contributed by atoms with E-state index in [0.29, 0.717) is 0 Å². The molecule has 0 aromatic heterocycles. The van der Waals surface area contributed by atoms with Crippen LogP contribution in [0.5, 0.6) is 0 Å². The van der Waals surface area contributed by atoms with Crippen LogP contribution in [0.2, 0.25) is 0 Å². The van der Waals surface area contributed by atoms with Crippen LogP contribution in [0.4, 0.5) is 0 Å². The van der Waals surface area contributed by atoms with Crippen molar-refractivity contribution < 1.29 is 5.11 Å². The van der Waals surface area contributed by atoms with Crippen LogP contribution in [0.1, 0.15) is 155 Å². The minimum Gasteiger partial charge on any atom is -0.393 e. The monoisotopic (exact) mass is 446 g/mol. The van der Waals surface area contributed by atoms with Crippen molar-refractivity contribution in [2.75, 3.05) is 0 Å². The van der Waals surface area contributed by atoms with Crippen LogP contribution < -0.4 is 0 Å². The van der Waals surface area contributed by atoms with Crippen molar-refractivity contribution in [2.45, 2.75) is 161 Å². The lowest BCUT2D eigenvalue weighted by molar-refractivity contribution is 0.152. The molecule has 0 radical (unpaired) electrons. The second-order valence-electron chi connectivity index (χ2n) is 9.62. The van der Waals surface area contributed by atoms with Crippen LogP contribution >= 0.6 is 0 Å². The smallest absolute Gasteiger partial charge is 0.0543 e. The third kappa shape index (κ3) is 27.2. The molecule has 32 heavy (non-hydrogen) atoms. The summed E-state index contributed by atoms with van der Waals surface area (Å²) in [6.45, 7) is 4.52. The van der Waals surface area contributed by atoms with E-state index in [1.165, 1.54) is 116 Å². The molecule has 1 atom stereocenters. The molecule has 0 fully saturated rings. The molecular formula is C31H58O. The van der Waals surface area contributed by atoms with Gasteiger partial charge in [0, 0.05) is 0 Å². The molecule has 0 aliphatic carbocycles. The van der Waals surface area contributed by atoms with Crippen LogP contribution in [0.3, 0.4) is 0 Å². The van der Waals surface area contributed by atoms with E-state index >= 15 is 0 Å². The third-order valence-corrected chi connectivity index (χ3v) is 6.26. The summed E-state index contributed by atoms with van der Waals surface area (Å²) in [7, 11) is 0. The summed E-state index contributed by atoms with van der Waals surface area (Å²) < 4.78 is 0. The maximum Gasteiger partial charge on any atom is 0.0543 e. The predicted molar refractivity (Wildman–Crippen MR) is 146 cm³/mol. The SMILES string of the molecule is CCCCC/C=C\CCCCCCCC/C=C/CCC(O)CCCC/C=C/CCCCC. The molecule has 0 aromatic carbocycles. The van der Waals surface area contributed by atoms with Gasteiger partial charge in [-0.3, -0.25) is 0 Å². The topological polar surface area (TPSA) is 20.2 Å². The van der Waals surface area contributed by atoms with E-state index in [4.69, 9.17) is 0 Å². The molecular weight excluding hydrogens is 388 g/mol. The standard InChI is InChI=1S/C31H58O/c1-3-5-7-9-11-13-14-15-16-17-18-19-20-22-24-26-28-30-31(32)29-27-25-23-21-12-10-8-6-4-2/h11-13,21,24,26,31-32H,3-10,14-20,22-23,25,27-30H2,1-2H3/b13-11-,21-12+,26-24+.